The van der Waals surface area contributed by atoms with Crippen LogP contribution in [0.25, 0.3) is 0 Å². The van der Waals surface area contributed by atoms with Gasteiger partial charge in [0.1, 0.15) is 0 Å². The van der Waals surface area contributed by atoms with Crippen LogP contribution in [0, 0.1) is 0 Å². The number of carbonyl (C=O) groups is 1. The molecule has 23 heavy (non-hydrogen) atoms. The van der Waals surface area contributed by atoms with Crippen LogP contribution in [0.4, 0.5) is 10.5 Å². The highest BCUT2D eigenvalue weighted by atomic mass is 35.5. The fourth-order valence-electron chi connectivity index (χ4n) is 3.07. The van der Waals surface area contributed by atoms with Crippen LogP contribution < -0.4 is 15.5 Å². The fraction of sp³-hybridized carbons (Fsp3) is 0.600. The third-order valence-electron chi connectivity index (χ3n) is 4.38. The van der Waals surface area contributed by atoms with Crippen molar-refractivity contribution in [2.45, 2.75) is 18.9 Å². The highest BCUT2D eigenvalue weighted by Crippen LogP contribution is 2.33. The summed E-state index contributed by atoms with van der Waals surface area (Å²) in [7, 11) is 0. The second-order valence-electron chi connectivity index (χ2n) is 5.90. The van der Waals surface area contributed by atoms with Gasteiger partial charge in [-0.1, -0.05) is 23.2 Å². The number of nitrogens with zero attached hydrogens (tertiary/aromatic N) is 3. The lowest BCUT2D eigenvalue weighted by Crippen LogP contribution is -2.54. The Kier molecular flexibility index (Phi) is 5.46. The number of hydrogen-bond acceptors (Lipinski definition) is 4. The molecular weight excluding hydrogens is 337 g/mol. The molecule has 126 valence electrons. The van der Waals surface area contributed by atoms with Gasteiger partial charge in [0, 0.05) is 44.6 Å². The van der Waals surface area contributed by atoms with E-state index in [-0.39, 0.29) is 12.1 Å². The van der Waals surface area contributed by atoms with Gasteiger partial charge in [-0.25, -0.2) is 4.79 Å². The molecule has 2 amide bonds. The van der Waals surface area contributed by atoms with Crippen molar-refractivity contribution in [2.24, 2.45) is 0 Å². The topological polar surface area (TPSA) is 60.5 Å². The first-order chi connectivity index (χ1) is 11.1. The molecule has 2 N–H and O–H groups in total. The molecule has 6 nitrogen and oxygen atoms in total. The van der Waals surface area contributed by atoms with Crippen LogP contribution in [0.1, 0.15) is 12.8 Å². The van der Waals surface area contributed by atoms with Crippen molar-refractivity contribution in [1.82, 2.24) is 20.5 Å². The average Bonchev–Trinajstić information content (AvgIpc) is 2.56. The molecule has 0 bridgehead atoms. The number of halogens is 2. The zero-order valence-electron chi connectivity index (χ0n) is 12.9. The van der Waals surface area contributed by atoms with Crippen molar-refractivity contribution in [3.8, 4) is 0 Å². The van der Waals surface area contributed by atoms with Crippen LogP contribution in [0.15, 0.2) is 12.4 Å². The highest BCUT2D eigenvalue weighted by Gasteiger charge is 2.25. The number of piperazine rings is 1. The Morgan fingerprint density at radius 3 is 2.35 bits per heavy atom. The molecule has 0 saturated carbocycles. The van der Waals surface area contributed by atoms with Crippen molar-refractivity contribution in [3.63, 3.8) is 0 Å². The molecular formula is C15H21Cl2N5O. The summed E-state index contributed by atoms with van der Waals surface area (Å²) in [5.41, 5.74) is 0.807. The maximum atomic E-state index is 12.4. The van der Waals surface area contributed by atoms with Crippen LogP contribution in [-0.2, 0) is 0 Å². The summed E-state index contributed by atoms with van der Waals surface area (Å²) in [6.07, 6.45) is 5.18. The number of rotatable bonds is 2. The lowest BCUT2D eigenvalue weighted by Gasteiger charge is -2.37. The normalized spacial score (nSPS) is 19.7. The molecule has 0 aliphatic carbocycles. The molecule has 0 unspecified atom stereocenters. The Bertz CT molecular complexity index is 537. The molecule has 1 aromatic rings. The van der Waals surface area contributed by atoms with Crippen LogP contribution in [0.5, 0.6) is 0 Å². The van der Waals surface area contributed by atoms with E-state index in [4.69, 9.17) is 23.2 Å². The van der Waals surface area contributed by atoms with E-state index in [1.807, 2.05) is 4.90 Å². The number of carbonyl (C=O) groups excluding carboxylic acids is 1. The minimum Gasteiger partial charge on any atom is -0.365 e. The fourth-order valence-corrected chi connectivity index (χ4v) is 3.68. The lowest BCUT2D eigenvalue weighted by molar-refractivity contribution is 0.187. The number of urea groups is 1. The van der Waals surface area contributed by atoms with E-state index < -0.39 is 0 Å². The van der Waals surface area contributed by atoms with Crippen LogP contribution >= 0.6 is 23.2 Å². The minimum absolute atomic E-state index is 0.0310. The van der Waals surface area contributed by atoms with Crippen LogP contribution in [0.3, 0.4) is 0 Å². The Labute approximate surface area is 146 Å². The van der Waals surface area contributed by atoms with E-state index in [2.05, 4.69) is 20.5 Å². The second kappa shape index (κ2) is 7.55. The van der Waals surface area contributed by atoms with Crippen molar-refractivity contribution in [3.05, 3.63) is 22.4 Å². The standard InChI is InChI=1S/C15H21Cl2N5O/c16-12-9-19-10-13(17)14(12)21-5-7-22(8-6-21)15(23)20-11-1-3-18-4-2-11/h9-11,18H,1-8H2,(H,20,23). The summed E-state index contributed by atoms with van der Waals surface area (Å²) in [5, 5.41) is 7.53. The van der Waals surface area contributed by atoms with Crippen molar-refractivity contribution in [2.75, 3.05) is 44.2 Å². The molecule has 2 aliphatic heterocycles. The third kappa shape index (κ3) is 4.00. The number of anilines is 1. The molecule has 2 saturated heterocycles. The molecule has 0 atom stereocenters. The molecule has 0 spiro atoms. The number of pyridine rings is 1. The van der Waals surface area contributed by atoms with Crippen molar-refractivity contribution in [1.29, 1.82) is 0 Å². The molecule has 0 aromatic carbocycles. The molecule has 3 rings (SSSR count). The molecule has 2 aliphatic rings. The van der Waals surface area contributed by atoms with Crippen LogP contribution in [0.2, 0.25) is 10.0 Å². The van der Waals surface area contributed by atoms with Gasteiger partial charge < -0.3 is 20.4 Å². The van der Waals surface area contributed by atoms with Gasteiger partial charge in [0.15, 0.2) is 0 Å². The molecule has 3 heterocycles. The van der Waals surface area contributed by atoms with Gasteiger partial charge in [-0.3, -0.25) is 4.98 Å². The smallest absolute Gasteiger partial charge is 0.317 e. The van der Waals surface area contributed by atoms with Gasteiger partial charge in [0.05, 0.1) is 15.7 Å². The maximum Gasteiger partial charge on any atom is 0.317 e. The zero-order valence-corrected chi connectivity index (χ0v) is 14.4. The van der Waals surface area contributed by atoms with Crippen LogP contribution in [-0.4, -0.2) is 61.2 Å². The van der Waals surface area contributed by atoms with E-state index in [1.165, 1.54) is 0 Å². The van der Waals surface area contributed by atoms with E-state index in [9.17, 15) is 4.79 Å². The summed E-state index contributed by atoms with van der Waals surface area (Å²) in [6.45, 7) is 4.68. The summed E-state index contributed by atoms with van der Waals surface area (Å²) < 4.78 is 0. The van der Waals surface area contributed by atoms with E-state index in [0.717, 1.165) is 31.6 Å². The predicted molar refractivity (Wildman–Crippen MR) is 92.5 cm³/mol. The van der Waals surface area contributed by atoms with Crippen molar-refractivity contribution < 1.29 is 4.79 Å². The minimum atomic E-state index is 0.0310. The highest BCUT2D eigenvalue weighted by molar-refractivity contribution is 6.38. The Balaban J connectivity index is 1.54. The Hall–Kier alpha value is -1.24. The average molecular weight is 358 g/mol. The van der Waals surface area contributed by atoms with Gasteiger partial charge in [0.2, 0.25) is 0 Å². The lowest BCUT2D eigenvalue weighted by atomic mass is 10.1. The molecule has 1 aromatic heterocycles. The maximum absolute atomic E-state index is 12.4. The second-order valence-corrected chi connectivity index (χ2v) is 6.71. The SMILES string of the molecule is O=C(NC1CCNCC1)N1CCN(c2c(Cl)cncc2Cl)CC1. The molecule has 0 radical (unpaired) electrons. The summed E-state index contributed by atoms with van der Waals surface area (Å²) in [6, 6.07) is 0.314. The number of aromatic nitrogens is 1. The number of amides is 2. The third-order valence-corrected chi connectivity index (χ3v) is 4.93. The van der Waals surface area contributed by atoms with E-state index in [0.29, 0.717) is 36.2 Å². The summed E-state index contributed by atoms with van der Waals surface area (Å²) in [4.78, 5) is 20.3. The summed E-state index contributed by atoms with van der Waals surface area (Å²) >= 11 is 12.4. The monoisotopic (exact) mass is 357 g/mol. The van der Waals surface area contributed by atoms with E-state index in [1.54, 1.807) is 12.4 Å². The van der Waals surface area contributed by atoms with Gasteiger partial charge >= 0.3 is 6.03 Å². The number of nitrogens with one attached hydrogen (secondary N) is 2. The number of piperidine rings is 1. The van der Waals surface area contributed by atoms with E-state index >= 15 is 0 Å². The Morgan fingerprint density at radius 1 is 1.13 bits per heavy atom. The predicted octanol–water partition coefficient (Wildman–Crippen LogP) is 1.97. The zero-order chi connectivity index (χ0) is 16.2. The van der Waals surface area contributed by atoms with Gasteiger partial charge in [-0.05, 0) is 25.9 Å². The van der Waals surface area contributed by atoms with Gasteiger partial charge in [-0.15, -0.1) is 0 Å². The molecule has 8 heteroatoms. The number of hydrogen-bond donors (Lipinski definition) is 2. The quantitative estimate of drug-likeness (QED) is 0.849. The first-order valence-electron chi connectivity index (χ1n) is 7.95. The first kappa shape index (κ1) is 16.6. The largest absolute Gasteiger partial charge is 0.365 e. The molecule has 2 fully saturated rings. The first-order valence-corrected chi connectivity index (χ1v) is 8.71. The van der Waals surface area contributed by atoms with Crippen molar-refractivity contribution >= 4 is 34.9 Å². The summed E-state index contributed by atoms with van der Waals surface area (Å²) in [5.74, 6) is 0. The Morgan fingerprint density at radius 2 is 1.74 bits per heavy atom. The van der Waals surface area contributed by atoms with Gasteiger partial charge in [0.25, 0.3) is 0 Å². The van der Waals surface area contributed by atoms with Gasteiger partial charge in [-0.2, -0.15) is 0 Å².